The van der Waals surface area contributed by atoms with Gasteiger partial charge >= 0.3 is 5.97 Å². The third-order valence-corrected chi connectivity index (χ3v) is 4.24. The molecule has 0 saturated heterocycles. The van der Waals surface area contributed by atoms with Crippen molar-refractivity contribution in [2.75, 3.05) is 0 Å². The molecular formula is C13H12N4O2S. The number of carbonyl (C=O) groups is 1. The summed E-state index contributed by atoms with van der Waals surface area (Å²) in [5, 5.41) is 14.2. The molecule has 0 atom stereocenters. The first kappa shape index (κ1) is 12.7. The molecule has 7 heteroatoms. The molecule has 0 aliphatic carbocycles. The molecule has 3 aromatic rings. The van der Waals surface area contributed by atoms with Crippen LogP contribution >= 0.6 is 11.3 Å². The maximum atomic E-state index is 11.1. The molecule has 102 valence electrons. The number of aromatic nitrogens is 4. The number of fused-ring (bicyclic) bond motifs is 1. The van der Waals surface area contributed by atoms with Crippen LogP contribution in [0.15, 0.2) is 18.6 Å². The molecule has 0 spiro atoms. The molecular weight excluding hydrogens is 276 g/mol. The van der Waals surface area contributed by atoms with Gasteiger partial charge in [0.05, 0.1) is 11.1 Å². The zero-order chi connectivity index (χ0) is 14.3. The van der Waals surface area contributed by atoms with Gasteiger partial charge in [-0.15, -0.1) is 11.3 Å². The maximum Gasteiger partial charge on any atom is 0.339 e. The van der Waals surface area contributed by atoms with Crippen molar-refractivity contribution in [1.29, 1.82) is 0 Å². The maximum absolute atomic E-state index is 11.1. The van der Waals surface area contributed by atoms with Crippen molar-refractivity contribution in [2.24, 2.45) is 0 Å². The number of aromatic carboxylic acids is 1. The summed E-state index contributed by atoms with van der Waals surface area (Å²) < 4.78 is 1.51. The van der Waals surface area contributed by atoms with Crippen LogP contribution in [-0.4, -0.2) is 30.8 Å². The predicted octanol–water partition coefficient (Wildman–Crippen LogP) is 2.45. The topological polar surface area (TPSA) is 80.9 Å². The smallest absolute Gasteiger partial charge is 0.339 e. The number of thiophene rings is 1. The Labute approximate surface area is 118 Å². The Morgan fingerprint density at radius 2 is 2.25 bits per heavy atom. The van der Waals surface area contributed by atoms with E-state index in [4.69, 9.17) is 5.11 Å². The number of hydrogen-bond acceptors (Lipinski definition) is 5. The summed E-state index contributed by atoms with van der Waals surface area (Å²) in [5.41, 5.74) is 0.651. The minimum absolute atomic E-state index is 0.183. The lowest BCUT2D eigenvalue weighted by molar-refractivity contribution is 0.0696. The predicted molar refractivity (Wildman–Crippen MR) is 75.6 cm³/mol. The summed E-state index contributed by atoms with van der Waals surface area (Å²) in [7, 11) is 0. The van der Waals surface area contributed by atoms with Gasteiger partial charge in [0.2, 0.25) is 0 Å². The summed E-state index contributed by atoms with van der Waals surface area (Å²) in [6, 6.07) is 2.03. The molecule has 0 amide bonds. The molecule has 0 aliphatic heterocycles. The van der Waals surface area contributed by atoms with Crippen molar-refractivity contribution in [2.45, 2.75) is 20.3 Å². The summed E-state index contributed by atoms with van der Waals surface area (Å²) in [6.45, 7) is 3.75. The van der Waals surface area contributed by atoms with Gasteiger partial charge in [-0.3, -0.25) is 0 Å². The van der Waals surface area contributed by atoms with Gasteiger partial charge in [-0.1, -0.05) is 6.92 Å². The summed E-state index contributed by atoms with van der Waals surface area (Å²) in [4.78, 5) is 21.7. The Morgan fingerprint density at radius 1 is 1.45 bits per heavy atom. The number of rotatable bonds is 3. The highest BCUT2D eigenvalue weighted by atomic mass is 32.1. The number of aryl methyl sites for hydroxylation is 2. The fourth-order valence-electron chi connectivity index (χ4n) is 2.03. The molecule has 3 aromatic heterocycles. The Kier molecular flexibility index (Phi) is 2.98. The Morgan fingerprint density at radius 3 is 2.90 bits per heavy atom. The molecule has 6 nitrogen and oxygen atoms in total. The molecule has 3 rings (SSSR count). The molecule has 0 fully saturated rings. The molecule has 0 aliphatic rings. The van der Waals surface area contributed by atoms with Crippen LogP contribution in [0.1, 0.15) is 27.9 Å². The number of hydrogen-bond donors (Lipinski definition) is 1. The first-order valence-electron chi connectivity index (χ1n) is 6.13. The second-order valence-corrected chi connectivity index (χ2v) is 5.48. The molecule has 3 heterocycles. The third kappa shape index (κ3) is 1.96. The molecule has 0 saturated carbocycles. The summed E-state index contributed by atoms with van der Waals surface area (Å²) >= 11 is 1.61. The highest BCUT2D eigenvalue weighted by Gasteiger charge is 2.16. The quantitative estimate of drug-likeness (QED) is 0.800. The molecule has 0 aromatic carbocycles. The average molecular weight is 288 g/mol. The van der Waals surface area contributed by atoms with E-state index in [1.165, 1.54) is 22.1 Å². The summed E-state index contributed by atoms with van der Waals surface area (Å²) in [5.74, 6) is -0.375. The van der Waals surface area contributed by atoms with Gasteiger partial charge in [0.1, 0.15) is 16.7 Å². The van der Waals surface area contributed by atoms with E-state index in [-0.39, 0.29) is 5.56 Å². The number of carboxylic acid groups (broad SMARTS) is 1. The second-order valence-electron chi connectivity index (χ2n) is 4.36. The van der Waals surface area contributed by atoms with E-state index >= 15 is 0 Å². The van der Waals surface area contributed by atoms with Crippen LogP contribution in [0.5, 0.6) is 0 Å². The zero-order valence-electron chi connectivity index (χ0n) is 11.0. The van der Waals surface area contributed by atoms with E-state index in [2.05, 4.69) is 22.0 Å². The van der Waals surface area contributed by atoms with E-state index in [0.29, 0.717) is 11.5 Å². The van der Waals surface area contributed by atoms with Gasteiger partial charge in [-0.2, -0.15) is 5.10 Å². The zero-order valence-corrected chi connectivity index (χ0v) is 11.8. The van der Waals surface area contributed by atoms with Crippen LogP contribution in [-0.2, 0) is 6.42 Å². The van der Waals surface area contributed by atoms with E-state index in [9.17, 15) is 4.79 Å². The standard InChI is InChI=1S/C13H12N4O2S/c1-3-8-4-9-11(14-6-15-12(9)20-8)17-5-10(13(18)19)7(2)16-17/h4-6H,3H2,1-2H3,(H,18,19). The largest absolute Gasteiger partial charge is 0.478 e. The van der Waals surface area contributed by atoms with E-state index in [0.717, 1.165) is 16.6 Å². The van der Waals surface area contributed by atoms with Crippen LogP contribution in [0.4, 0.5) is 0 Å². The number of carboxylic acids is 1. The minimum atomic E-state index is -0.987. The van der Waals surface area contributed by atoms with E-state index in [1.54, 1.807) is 18.3 Å². The van der Waals surface area contributed by atoms with Gasteiger partial charge in [-0.25, -0.2) is 19.4 Å². The average Bonchev–Trinajstić information content (AvgIpc) is 3.00. The van der Waals surface area contributed by atoms with E-state index < -0.39 is 5.97 Å². The summed E-state index contributed by atoms with van der Waals surface area (Å²) in [6.07, 6.45) is 3.90. The lowest BCUT2D eigenvalue weighted by atomic mass is 10.3. The Bertz CT molecular complexity index is 806. The SMILES string of the molecule is CCc1cc2c(-n3cc(C(=O)O)c(C)n3)ncnc2s1. The lowest BCUT2D eigenvalue weighted by Crippen LogP contribution is -1.99. The highest BCUT2D eigenvalue weighted by molar-refractivity contribution is 7.18. The van der Waals surface area contributed by atoms with Crippen LogP contribution in [0.3, 0.4) is 0 Å². The van der Waals surface area contributed by atoms with Crippen LogP contribution in [0, 0.1) is 6.92 Å². The van der Waals surface area contributed by atoms with Gasteiger partial charge in [0, 0.05) is 11.1 Å². The Hall–Kier alpha value is -2.28. The van der Waals surface area contributed by atoms with Gasteiger partial charge in [0.25, 0.3) is 0 Å². The van der Waals surface area contributed by atoms with Crippen molar-refractivity contribution in [3.8, 4) is 5.82 Å². The van der Waals surface area contributed by atoms with Crippen molar-refractivity contribution >= 4 is 27.5 Å². The highest BCUT2D eigenvalue weighted by Crippen LogP contribution is 2.27. The van der Waals surface area contributed by atoms with Gasteiger partial charge < -0.3 is 5.11 Å². The van der Waals surface area contributed by atoms with Crippen LogP contribution < -0.4 is 0 Å². The molecule has 0 unspecified atom stereocenters. The fraction of sp³-hybridized carbons (Fsp3) is 0.231. The fourth-order valence-corrected chi connectivity index (χ4v) is 2.96. The first-order chi connectivity index (χ1) is 9.60. The van der Waals surface area contributed by atoms with Crippen LogP contribution in [0.25, 0.3) is 16.0 Å². The van der Waals surface area contributed by atoms with Gasteiger partial charge in [-0.05, 0) is 19.4 Å². The van der Waals surface area contributed by atoms with Crippen LogP contribution in [0.2, 0.25) is 0 Å². The lowest BCUT2D eigenvalue weighted by Gasteiger charge is -2.00. The Balaban J connectivity index is 2.21. The van der Waals surface area contributed by atoms with Crippen molar-refractivity contribution in [1.82, 2.24) is 19.7 Å². The van der Waals surface area contributed by atoms with E-state index in [1.807, 2.05) is 6.07 Å². The minimum Gasteiger partial charge on any atom is -0.478 e. The normalized spacial score (nSPS) is 11.1. The number of nitrogens with zero attached hydrogens (tertiary/aromatic N) is 4. The molecule has 0 radical (unpaired) electrons. The van der Waals surface area contributed by atoms with Gasteiger partial charge in [0.15, 0.2) is 5.82 Å². The monoisotopic (exact) mass is 288 g/mol. The molecule has 20 heavy (non-hydrogen) atoms. The first-order valence-corrected chi connectivity index (χ1v) is 6.95. The molecule has 1 N–H and O–H groups in total. The van der Waals surface area contributed by atoms with Crippen molar-refractivity contribution < 1.29 is 9.90 Å². The van der Waals surface area contributed by atoms with Crippen molar-refractivity contribution in [3.63, 3.8) is 0 Å². The second kappa shape index (κ2) is 4.68. The third-order valence-electron chi connectivity index (χ3n) is 3.05. The van der Waals surface area contributed by atoms with Crippen molar-refractivity contribution in [3.05, 3.63) is 34.7 Å². The molecule has 0 bridgehead atoms.